The van der Waals surface area contributed by atoms with Crippen LogP contribution in [0.25, 0.3) is 0 Å². The Hall–Kier alpha value is -3.27. The van der Waals surface area contributed by atoms with Crippen LogP contribution in [0.4, 0.5) is 0 Å². The zero-order valence-electron chi connectivity index (χ0n) is 18.1. The van der Waals surface area contributed by atoms with Gasteiger partial charge in [-0.15, -0.1) is 0 Å². The first-order valence-electron chi connectivity index (χ1n) is 10.7. The smallest absolute Gasteiger partial charge is 0.251 e. The predicted molar refractivity (Wildman–Crippen MR) is 127 cm³/mol. The predicted octanol–water partition coefficient (Wildman–Crippen LogP) is 2.74. The molecule has 1 aliphatic rings. The van der Waals surface area contributed by atoms with E-state index in [9.17, 15) is 18.0 Å². The van der Waals surface area contributed by atoms with Crippen molar-refractivity contribution in [3.05, 3.63) is 94.8 Å². The van der Waals surface area contributed by atoms with Crippen molar-refractivity contribution in [3.8, 4) is 0 Å². The van der Waals surface area contributed by atoms with E-state index in [0.717, 1.165) is 5.56 Å². The summed E-state index contributed by atoms with van der Waals surface area (Å²) in [6, 6.07) is 18.1. The molecule has 2 heterocycles. The lowest BCUT2D eigenvalue weighted by Crippen LogP contribution is -2.44. The lowest BCUT2D eigenvalue weighted by atomic mass is 10.1. The fraction of sp³-hybridized carbons (Fsp3) is 0.208. The number of halogens is 1. The minimum atomic E-state index is -4.03. The van der Waals surface area contributed by atoms with Crippen molar-refractivity contribution in [2.45, 2.75) is 30.4 Å². The number of pyridine rings is 1. The standard InChI is InChI=1S/C24H23ClN4O4S/c25-22-11-10-20(15-27-22)34(32,33)29(21-12-13-26-24(21)31)16-18-6-8-19(9-7-18)23(30)28-14-17-4-2-1-3-5-17/h1-11,15,21H,12-14,16H2,(H,26,31)(H,28,30)/t21-/m1/s1. The van der Waals surface area contributed by atoms with Crippen molar-refractivity contribution in [2.24, 2.45) is 0 Å². The van der Waals surface area contributed by atoms with Crippen LogP contribution in [0, 0.1) is 0 Å². The third kappa shape index (κ3) is 5.44. The second-order valence-electron chi connectivity index (χ2n) is 7.83. The van der Waals surface area contributed by atoms with Crippen molar-refractivity contribution >= 4 is 33.4 Å². The highest BCUT2D eigenvalue weighted by molar-refractivity contribution is 7.89. The van der Waals surface area contributed by atoms with Gasteiger partial charge in [-0.25, -0.2) is 13.4 Å². The highest BCUT2D eigenvalue weighted by Gasteiger charge is 2.38. The average Bonchev–Trinajstić information content (AvgIpc) is 3.27. The van der Waals surface area contributed by atoms with E-state index in [1.807, 2.05) is 30.3 Å². The normalized spacial score (nSPS) is 15.8. The van der Waals surface area contributed by atoms with Crippen LogP contribution in [0.1, 0.15) is 27.9 Å². The van der Waals surface area contributed by atoms with Crippen LogP contribution in [0.5, 0.6) is 0 Å². The molecule has 1 saturated heterocycles. The molecule has 3 aromatic rings. The van der Waals surface area contributed by atoms with E-state index in [4.69, 9.17) is 11.6 Å². The number of hydrogen-bond acceptors (Lipinski definition) is 5. The second kappa shape index (κ2) is 10.3. The van der Waals surface area contributed by atoms with E-state index < -0.39 is 16.1 Å². The van der Waals surface area contributed by atoms with Gasteiger partial charge in [0.15, 0.2) is 0 Å². The Morgan fingerprint density at radius 2 is 1.79 bits per heavy atom. The summed E-state index contributed by atoms with van der Waals surface area (Å²) in [5.74, 6) is -0.579. The zero-order valence-corrected chi connectivity index (χ0v) is 19.7. The molecule has 1 aromatic heterocycles. The second-order valence-corrected chi connectivity index (χ2v) is 10.1. The van der Waals surface area contributed by atoms with E-state index in [2.05, 4.69) is 15.6 Å². The molecule has 1 fully saturated rings. The van der Waals surface area contributed by atoms with E-state index in [0.29, 0.717) is 30.6 Å². The van der Waals surface area contributed by atoms with E-state index in [-0.39, 0.29) is 28.4 Å². The first-order valence-corrected chi connectivity index (χ1v) is 12.5. The van der Waals surface area contributed by atoms with E-state index in [1.54, 1.807) is 24.3 Å². The Balaban J connectivity index is 1.52. The number of nitrogens with zero attached hydrogens (tertiary/aromatic N) is 2. The van der Waals surface area contributed by atoms with Gasteiger partial charge in [-0.1, -0.05) is 54.1 Å². The summed E-state index contributed by atoms with van der Waals surface area (Å²) in [7, 11) is -4.03. The van der Waals surface area contributed by atoms with Gasteiger partial charge in [-0.2, -0.15) is 4.31 Å². The topological polar surface area (TPSA) is 108 Å². The van der Waals surface area contributed by atoms with Crippen molar-refractivity contribution in [3.63, 3.8) is 0 Å². The maximum atomic E-state index is 13.4. The molecule has 34 heavy (non-hydrogen) atoms. The van der Waals surface area contributed by atoms with Crippen molar-refractivity contribution in [1.82, 2.24) is 19.9 Å². The maximum absolute atomic E-state index is 13.4. The Bertz CT molecular complexity index is 1270. The molecule has 0 aliphatic carbocycles. The number of nitrogens with one attached hydrogen (secondary N) is 2. The zero-order chi connectivity index (χ0) is 24.1. The largest absolute Gasteiger partial charge is 0.355 e. The van der Waals surface area contributed by atoms with Crippen LogP contribution >= 0.6 is 11.6 Å². The van der Waals surface area contributed by atoms with E-state index in [1.165, 1.54) is 22.6 Å². The molecule has 2 aromatic carbocycles. The molecule has 0 radical (unpaired) electrons. The Morgan fingerprint density at radius 3 is 2.41 bits per heavy atom. The van der Waals surface area contributed by atoms with Crippen LogP contribution in [-0.4, -0.2) is 42.1 Å². The van der Waals surface area contributed by atoms with Crippen LogP contribution in [0.2, 0.25) is 5.15 Å². The molecule has 10 heteroatoms. The lowest BCUT2D eigenvalue weighted by Gasteiger charge is -2.26. The average molecular weight is 499 g/mol. The number of sulfonamides is 1. The SMILES string of the molecule is O=C(NCc1ccccc1)c1ccc(CN([C@@H]2CCNC2=O)S(=O)(=O)c2ccc(Cl)nc2)cc1. The van der Waals surface area contributed by atoms with Gasteiger partial charge in [0.25, 0.3) is 5.91 Å². The number of hydrogen-bond donors (Lipinski definition) is 2. The number of aromatic nitrogens is 1. The molecule has 8 nitrogen and oxygen atoms in total. The summed E-state index contributed by atoms with van der Waals surface area (Å²) < 4.78 is 27.9. The molecule has 0 bridgehead atoms. The van der Waals surface area contributed by atoms with Gasteiger partial charge >= 0.3 is 0 Å². The molecule has 4 rings (SSSR count). The fourth-order valence-corrected chi connectivity index (χ4v) is 5.35. The molecule has 0 spiro atoms. The number of amides is 2. The first kappa shape index (κ1) is 23.9. The lowest BCUT2D eigenvalue weighted by molar-refractivity contribution is -0.122. The minimum Gasteiger partial charge on any atom is -0.355 e. The van der Waals surface area contributed by atoms with Crippen molar-refractivity contribution < 1.29 is 18.0 Å². The number of benzene rings is 2. The molecule has 2 amide bonds. The molecule has 0 unspecified atom stereocenters. The molecule has 1 atom stereocenters. The monoisotopic (exact) mass is 498 g/mol. The quantitative estimate of drug-likeness (QED) is 0.464. The van der Waals surface area contributed by atoms with Crippen LogP contribution < -0.4 is 10.6 Å². The summed E-state index contributed by atoms with van der Waals surface area (Å²) in [4.78, 5) is 28.7. The Labute approximate surface area is 203 Å². The highest BCUT2D eigenvalue weighted by atomic mass is 35.5. The maximum Gasteiger partial charge on any atom is 0.251 e. The van der Waals surface area contributed by atoms with E-state index >= 15 is 0 Å². The molecular formula is C24H23ClN4O4S. The molecule has 0 saturated carbocycles. The van der Waals surface area contributed by atoms with Gasteiger partial charge in [-0.05, 0) is 41.8 Å². The summed E-state index contributed by atoms with van der Waals surface area (Å²) in [6.45, 7) is 0.767. The molecular weight excluding hydrogens is 476 g/mol. The number of carbonyl (C=O) groups excluding carboxylic acids is 2. The summed E-state index contributed by atoms with van der Waals surface area (Å²) >= 11 is 5.80. The Morgan fingerprint density at radius 1 is 1.06 bits per heavy atom. The highest BCUT2D eigenvalue weighted by Crippen LogP contribution is 2.25. The number of carbonyl (C=O) groups is 2. The third-order valence-corrected chi connectivity index (χ3v) is 7.59. The van der Waals surface area contributed by atoms with Gasteiger partial charge in [0.05, 0.1) is 0 Å². The van der Waals surface area contributed by atoms with Crippen molar-refractivity contribution in [1.29, 1.82) is 0 Å². The summed E-state index contributed by atoms with van der Waals surface area (Å²) in [5.41, 5.74) is 2.08. The van der Waals surface area contributed by atoms with Crippen LogP contribution in [0.3, 0.4) is 0 Å². The third-order valence-electron chi connectivity index (χ3n) is 5.52. The molecule has 2 N–H and O–H groups in total. The first-order chi connectivity index (χ1) is 16.3. The van der Waals surface area contributed by atoms with Crippen LogP contribution in [-0.2, 0) is 27.9 Å². The molecule has 176 valence electrons. The number of rotatable bonds is 8. The molecule has 1 aliphatic heterocycles. The minimum absolute atomic E-state index is 0.0328. The summed E-state index contributed by atoms with van der Waals surface area (Å²) in [5, 5.41) is 5.72. The fourth-order valence-electron chi connectivity index (χ4n) is 3.69. The summed E-state index contributed by atoms with van der Waals surface area (Å²) in [6.07, 6.45) is 1.54. The van der Waals surface area contributed by atoms with Gasteiger partial charge in [0, 0.05) is 31.4 Å². The van der Waals surface area contributed by atoms with Gasteiger partial charge < -0.3 is 10.6 Å². The Kier molecular flexibility index (Phi) is 7.26. The van der Waals surface area contributed by atoms with Gasteiger partial charge in [-0.3, -0.25) is 9.59 Å². The van der Waals surface area contributed by atoms with Gasteiger partial charge in [0.2, 0.25) is 15.9 Å². The van der Waals surface area contributed by atoms with Crippen LogP contribution in [0.15, 0.2) is 77.8 Å². The van der Waals surface area contributed by atoms with Crippen molar-refractivity contribution in [2.75, 3.05) is 6.54 Å². The van der Waals surface area contributed by atoms with Gasteiger partial charge in [0.1, 0.15) is 16.1 Å².